The highest BCUT2D eigenvalue weighted by Gasteiger charge is 2.61. The molecule has 200 valence electrons. The van der Waals surface area contributed by atoms with Gasteiger partial charge in [-0.1, -0.05) is 20.8 Å². The van der Waals surface area contributed by atoms with Crippen LogP contribution in [0.2, 0.25) is 13.1 Å². The second-order valence-electron chi connectivity index (χ2n) is 13.0. The molecular formula is C25H44N2O7Si. The van der Waals surface area contributed by atoms with Crippen molar-refractivity contribution >= 4 is 27.0 Å². The maximum atomic E-state index is 13.5. The van der Waals surface area contributed by atoms with Gasteiger partial charge in [-0.05, 0) is 66.0 Å². The van der Waals surface area contributed by atoms with Crippen LogP contribution in [-0.2, 0) is 23.6 Å². The van der Waals surface area contributed by atoms with E-state index in [1.54, 1.807) is 41.5 Å². The molecule has 2 saturated heterocycles. The van der Waals surface area contributed by atoms with Gasteiger partial charge >= 0.3 is 6.09 Å². The Bertz CT molecular complexity index is 865. The second kappa shape index (κ2) is 9.98. The molecule has 2 fully saturated rings. The summed E-state index contributed by atoms with van der Waals surface area (Å²) in [5.41, 5.74) is -3.12. The Morgan fingerprint density at radius 1 is 1.11 bits per heavy atom. The third kappa shape index (κ3) is 6.74. The van der Waals surface area contributed by atoms with Gasteiger partial charge in [0.25, 0.3) is 5.91 Å². The van der Waals surface area contributed by atoms with Crippen LogP contribution < -0.4 is 0 Å². The van der Waals surface area contributed by atoms with Crippen molar-refractivity contribution in [3.63, 3.8) is 0 Å². The number of hydrogen-bond donors (Lipinski definition) is 1. The maximum absolute atomic E-state index is 13.5. The van der Waals surface area contributed by atoms with Gasteiger partial charge in [0.15, 0.2) is 14.8 Å². The normalized spacial score (nSPS) is 27.0. The van der Waals surface area contributed by atoms with Gasteiger partial charge in [0.05, 0.1) is 17.7 Å². The van der Waals surface area contributed by atoms with Gasteiger partial charge in [-0.2, -0.15) is 0 Å². The summed E-state index contributed by atoms with van der Waals surface area (Å²) in [5, 5.41) is 13.0. The monoisotopic (exact) mass is 512 g/mol. The highest BCUT2D eigenvalue weighted by atomic mass is 28.3. The van der Waals surface area contributed by atoms with Crippen LogP contribution in [0.3, 0.4) is 0 Å². The van der Waals surface area contributed by atoms with Crippen LogP contribution in [0.5, 0.6) is 0 Å². The lowest BCUT2D eigenvalue weighted by molar-refractivity contribution is -0.222. The summed E-state index contributed by atoms with van der Waals surface area (Å²) in [5.74, 6) is 0.00454. The van der Waals surface area contributed by atoms with Gasteiger partial charge in [0, 0.05) is 13.0 Å². The van der Waals surface area contributed by atoms with Gasteiger partial charge in [0.2, 0.25) is 0 Å². The molecule has 0 spiro atoms. The number of amides is 2. The number of hydroxylamine groups is 2. The van der Waals surface area contributed by atoms with Crippen molar-refractivity contribution in [2.24, 2.45) is 17.3 Å². The first kappa shape index (κ1) is 29.5. The van der Waals surface area contributed by atoms with Crippen LogP contribution >= 0.6 is 0 Å². The van der Waals surface area contributed by atoms with E-state index >= 15 is 0 Å². The van der Waals surface area contributed by atoms with E-state index in [4.69, 9.17) is 14.0 Å². The Morgan fingerprint density at radius 3 is 2.11 bits per heavy atom. The number of rotatable bonds is 5. The fraction of sp³-hybridized carbons (Fsp3) is 0.840. The topological polar surface area (TPSA) is 106 Å². The van der Waals surface area contributed by atoms with Crippen molar-refractivity contribution in [1.82, 2.24) is 9.96 Å². The standard InChI is InChI=1S/C25H44N2O7Si/c1-22(2,3)17-12-25(34-35(10)11,26(14-17)21(31)32-23(4,5)6)19(29)18-16(15-28)13-27(20(18)30)33-24(7,8)9/h17-19,29,35H,12-14H2,1-11H3/t17-,18?,19?,25-/m0/s1. The summed E-state index contributed by atoms with van der Waals surface area (Å²) >= 11 is 0. The van der Waals surface area contributed by atoms with Crippen LogP contribution in [0.4, 0.5) is 4.79 Å². The molecule has 0 aromatic heterocycles. The molecule has 0 aromatic rings. The van der Waals surface area contributed by atoms with Crippen LogP contribution in [0.25, 0.3) is 0 Å². The average molecular weight is 513 g/mol. The van der Waals surface area contributed by atoms with E-state index in [0.717, 1.165) is 5.06 Å². The Balaban J connectivity index is 2.60. The van der Waals surface area contributed by atoms with Crippen LogP contribution in [-0.4, -0.2) is 78.2 Å². The fourth-order valence-electron chi connectivity index (χ4n) is 4.62. The zero-order chi connectivity index (χ0) is 27.1. The zero-order valence-electron chi connectivity index (χ0n) is 23.2. The molecule has 35 heavy (non-hydrogen) atoms. The molecule has 0 aromatic carbocycles. The van der Waals surface area contributed by atoms with E-state index in [1.165, 1.54) is 4.90 Å². The van der Waals surface area contributed by atoms with Crippen molar-refractivity contribution in [3.05, 3.63) is 5.57 Å². The molecule has 2 unspecified atom stereocenters. The van der Waals surface area contributed by atoms with Crippen molar-refractivity contribution in [3.8, 4) is 0 Å². The van der Waals surface area contributed by atoms with Crippen molar-refractivity contribution in [2.45, 2.75) is 105 Å². The Hall–Kier alpha value is -1.71. The molecule has 2 heterocycles. The molecule has 0 radical (unpaired) electrons. The lowest BCUT2D eigenvalue weighted by atomic mass is 9.77. The lowest BCUT2D eigenvalue weighted by Crippen LogP contribution is -2.62. The van der Waals surface area contributed by atoms with Crippen molar-refractivity contribution in [2.75, 3.05) is 13.1 Å². The predicted octanol–water partition coefficient (Wildman–Crippen LogP) is 3.29. The summed E-state index contributed by atoms with van der Waals surface area (Å²) in [6, 6.07) is 0. The number of aliphatic hydroxyl groups excluding tert-OH is 1. The minimum atomic E-state index is -1.88. The predicted molar refractivity (Wildman–Crippen MR) is 134 cm³/mol. The minimum absolute atomic E-state index is 0.0421. The van der Waals surface area contributed by atoms with Gasteiger partial charge in [-0.15, -0.1) is 0 Å². The van der Waals surface area contributed by atoms with Crippen LogP contribution in [0.1, 0.15) is 68.7 Å². The summed E-state index contributed by atoms with van der Waals surface area (Å²) in [4.78, 5) is 46.0. The lowest BCUT2D eigenvalue weighted by Gasteiger charge is -2.44. The highest BCUT2D eigenvalue weighted by Crippen LogP contribution is 2.48. The smallest absolute Gasteiger partial charge is 0.412 e. The molecule has 0 aliphatic carbocycles. The van der Waals surface area contributed by atoms with Crippen LogP contribution in [0.15, 0.2) is 5.57 Å². The van der Waals surface area contributed by atoms with Gasteiger partial charge < -0.3 is 14.3 Å². The minimum Gasteiger partial charge on any atom is -0.444 e. The van der Waals surface area contributed by atoms with Gasteiger partial charge in [0.1, 0.15) is 23.6 Å². The second-order valence-corrected chi connectivity index (χ2v) is 15.3. The van der Waals surface area contributed by atoms with E-state index in [0.29, 0.717) is 13.0 Å². The third-order valence-corrected chi connectivity index (χ3v) is 7.05. The van der Waals surface area contributed by atoms with E-state index in [9.17, 15) is 19.5 Å². The van der Waals surface area contributed by atoms with Crippen LogP contribution in [0, 0.1) is 17.3 Å². The molecule has 0 bridgehead atoms. The first-order valence-electron chi connectivity index (χ1n) is 12.3. The number of hydrogen-bond acceptors (Lipinski definition) is 7. The van der Waals surface area contributed by atoms with E-state index < -0.39 is 50.0 Å². The molecule has 1 N–H and O–H groups in total. The molecule has 10 heteroatoms. The molecule has 2 aliphatic rings. The van der Waals surface area contributed by atoms with Crippen molar-refractivity contribution < 1.29 is 33.5 Å². The summed E-state index contributed by atoms with van der Waals surface area (Å²) in [7, 11) is -1.88. The fourth-order valence-corrected chi connectivity index (χ4v) is 5.80. The summed E-state index contributed by atoms with van der Waals surface area (Å²) in [6.07, 6.45) is -1.82. The highest BCUT2D eigenvalue weighted by molar-refractivity contribution is 6.48. The summed E-state index contributed by atoms with van der Waals surface area (Å²) in [6.45, 7) is 20.9. The van der Waals surface area contributed by atoms with E-state index in [-0.39, 0.29) is 23.5 Å². The maximum Gasteiger partial charge on any atom is 0.412 e. The average Bonchev–Trinajstić information content (AvgIpc) is 3.17. The summed E-state index contributed by atoms with van der Waals surface area (Å²) < 4.78 is 12.2. The number of aliphatic hydroxyl groups is 1. The van der Waals surface area contributed by atoms with E-state index in [1.807, 2.05) is 19.0 Å². The third-order valence-electron chi connectivity index (χ3n) is 6.17. The number of ether oxygens (including phenoxy) is 1. The molecular weight excluding hydrogens is 468 g/mol. The Morgan fingerprint density at radius 2 is 1.69 bits per heavy atom. The first-order chi connectivity index (χ1) is 15.7. The Labute approximate surface area is 211 Å². The zero-order valence-corrected chi connectivity index (χ0v) is 24.4. The quantitative estimate of drug-likeness (QED) is 0.445. The number of carbonyl (C=O) groups is 2. The molecule has 2 aliphatic heterocycles. The molecule has 2 amide bonds. The molecule has 2 rings (SSSR count). The van der Waals surface area contributed by atoms with Gasteiger partial charge in [-0.3, -0.25) is 14.5 Å². The largest absolute Gasteiger partial charge is 0.444 e. The van der Waals surface area contributed by atoms with Crippen molar-refractivity contribution in [1.29, 1.82) is 0 Å². The SMILES string of the molecule is C[SiH](C)O[C@]1(C(O)C2C(=O)N(OC(C)(C)C)CC2=C=O)C[C@H](C(C)(C)C)CN1C(=O)OC(C)(C)C. The van der Waals surface area contributed by atoms with E-state index in [2.05, 4.69) is 20.8 Å². The number of likely N-dealkylation sites (tertiary alicyclic amines) is 1. The molecule has 9 nitrogen and oxygen atoms in total. The van der Waals surface area contributed by atoms with Gasteiger partial charge in [-0.25, -0.2) is 14.7 Å². The first-order valence-corrected chi connectivity index (χ1v) is 15.1. The Kier molecular flexibility index (Phi) is 8.41. The molecule has 4 atom stereocenters. The number of carbonyl (C=O) groups excluding carboxylic acids is 3. The number of nitrogens with zero attached hydrogens (tertiary/aromatic N) is 2. The molecule has 0 saturated carbocycles.